The van der Waals surface area contributed by atoms with Crippen LogP contribution in [0, 0.1) is 0 Å². The second-order valence-electron chi connectivity index (χ2n) is 4.91. The molecule has 2 rings (SSSR count). The maximum absolute atomic E-state index is 5.56. The van der Waals surface area contributed by atoms with Gasteiger partial charge < -0.3 is 9.74 Å². The molecule has 1 aromatic carbocycles. The van der Waals surface area contributed by atoms with Crippen molar-refractivity contribution in [1.82, 2.24) is 9.88 Å². The van der Waals surface area contributed by atoms with E-state index in [1.54, 1.807) is 12.4 Å². The van der Waals surface area contributed by atoms with Gasteiger partial charge in [0.2, 0.25) is 0 Å². The van der Waals surface area contributed by atoms with Crippen molar-refractivity contribution in [1.29, 1.82) is 0 Å². The summed E-state index contributed by atoms with van der Waals surface area (Å²) >= 11 is 0. The lowest BCUT2D eigenvalue weighted by atomic mass is 10.0. The lowest BCUT2D eigenvalue weighted by Crippen LogP contribution is -2.26. The van der Waals surface area contributed by atoms with Crippen molar-refractivity contribution in [3.05, 3.63) is 66.0 Å². The molecule has 0 radical (unpaired) electrons. The molecular weight excluding hydrogens is 274 g/mol. The monoisotopic (exact) mass is 297 g/mol. The van der Waals surface area contributed by atoms with Gasteiger partial charge in [0.25, 0.3) is 0 Å². The Morgan fingerprint density at radius 3 is 2.41 bits per heavy atom. The molecule has 0 fully saturated rings. The van der Waals surface area contributed by atoms with Crippen LogP contribution in [0.5, 0.6) is 0 Å². The van der Waals surface area contributed by atoms with E-state index in [-0.39, 0.29) is 0 Å². The fraction of sp³-hybridized carbons (Fsp3) is 0.333. The van der Waals surface area contributed by atoms with Crippen molar-refractivity contribution < 1.29 is 4.84 Å². The van der Waals surface area contributed by atoms with Crippen LogP contribution in [0.2, 0.25) is 0 Å². The second kappa shape index (κ2) is 8.95. The molecule has 4 nitrogen and oxygen atoms in total. The zero-order valence-corrected chi connectivity index (χ0v) is 13.3. The third kappa shape index (κ3) is 4.67. The molecule has 22 heavy (non-hydrogen) atoms. The maximum Gasteiger partial charge on any atom is 0.129 e. The first-order chi connectivity index (χ1) is 10.8. The van der Waals surface area contributed by atoms with Crippen LogP contribution < -0.4 is 0 Å². The molecule has 0 amide bonds. The molecule has 0 atom stereocenters. The van der Waals surface area contributed by atoms with Crippen molar-refractivity contribution in [2.45, 2.75) is 13.8 Å². The standard InChI is InChI=1S/C18H23N3O/c1-3-21(4-2)13-14-22-20-18(16-9-6-5-7-10-16)17-11-8-12-19-15-17/h5-12,15H,3-4,13-14H2,1-2H3/b20-18+. The third-order valence-corrected chi connectivity index (χ3v) is 3.53. The van der Waals surface area contributed by atoms with Gasteiger partial charge in [0.05, 0.1) is 0 Å². The van der Waals surface area contributed by atoms with Crippen molar-refractivity contribution in [3.8, 4) is 0 Å². The largest absolute Gasteiger partial charge is 0.394 e. The number of aromatic nitrogens is 1. The van der Waals surface area contributed by atoms with Crippen molar-refractivity contribution in [3.63, 3.8) is 0 Å². The maximum atomic E-state index is 5.56. The Morgan fingerprint density at radius 1 is 1.05 bits per heavy atom. The Kier molecular flexibility index (Phi) is 6.58. The number of likely N-dealkylation sites (N-methyl/N-ethyl adjacent to an activating group) is 1. The smallest absolute Gasteiger partial charge is 0.129 e. The van der Waals surface area contributed by atoms with Crippen molar-refractivity contribution in [2.75, 3.05) is 26.2 Å². The Labute approximate surface area is 132 Å². The number of rotatable bonds is 8. The molecule has 0 N–H and O–H groups in total. The summed E-state index contributed by atoms with van der Waals surface area (Å²) in [6.45, 7) is 7.81. The Balaban J connectivity index is 2.10. The molecule has 0 bridgehead atoms. The molecule has 4 heteroatoms. The molecule has 1 heterocycles. The lowest BCUT2D eigenvalue weighted by Gasteiger charge is -2.16. The van der Waals surface area contributed by atoms with Gasteiger partial charge in [0.15, 0.2) is 0 Å². The van der Waals surface area contributed by atoms with Crippen LogP contribution in [-0.4, -0.2) is 41.8 Å². The Bertz CT molecular complexity index is 524. The van der Waals surface area contributed by atoms with Gasteiger partial charge in [-0.1, -0.05) is 49.3 Å². The van der Waals surface area contributed by atoms with Gasteiger partial charge in [-0.3, -0.25) is 4.98 Å². The van der Waals surface area contributed by atoms with Crippen LogP contribution in [0.1, 0.15) is 25.0 Å². The van der Waals surface area contributed by atoms with E-state index in [4.69, 9.17) is 4.84 Å². The van der Waals surface area contributed by atoms with Crippen LogP contribution in [0.3, 0.4) is 0 Å². The van der Waals surface area contributed by atoms with E-state index in [0.29, 0.717) is 6.61 Å². The molecule has 0 aliphatic rings. The topological polar surface area (TPSA) is 37.7 Å². The van der Waals surface area contributed by atoms with Crippen LogP contribution in [0.15, 0.2) is 60.0 Å². The van der Waals surface area contributed by atoms with Crippen molar-refractivity contribution in [2.24, 2.45) is 5.16 Å². The summed E-state index contributed by atoms with van der Waals surface area (Å²) in [6, 6.07) is 13.9. The normalized spacial score (nSPS) is 11.7. The molecule has 0 aliphatic heterocycles. The van der Waals surface area contributed by atoms with E-state index in [0.717, 1.165) is 36.5 Å². The summed E-state index contributed by atoms with van der Waals surface area (Å²) in [6.07, 6.45) is 3.56. The SMILES string of the molecule is CCN(CC)CCO/N=C(\c1ccccc1)c1cccnc1. The molecule has 2 aromatic rings. The molecule has 0 saturated heterocycles. The summed E-state index contributed by atoms with van der Waals surface area (Å²) in [7, 11) is 0. The van der Waals surface area contributed by atoms with Gasteiger partial charge >= 0.3 is 0 Å². The summed E-state index contributed by atoms with van der Waals surface area (Å²) in [5.74, 6) is 0. The first kappa shape index (κ1) is 16.2. The first-order valence-corrected chi connectivity index (χ1v) is 7.73. The minimum absolute atomic E-state index is 0.582. The highest BCUT2D eigenvalue weighted by Gasteiger charge is 2.07. The minimum atomic E-state index is 0.582. The van der Waals surface area contributed by atoms with E-state index in [2.05, 4.69) is 28.9 Å². The van der Waals surface area contributed by atoms with Crippen LogP contribution in [0.25, 0.3) is 0 Å². The second-order valence-corrected chi connectivity index (χ2v) is 4.91. The van der Waals surface area contributed by atoms with Gasteiger partial charge in [-0.2, -0.15) is 0 Å². The highest BCUT2D eigenvalue weighted by molar-refractivity contribution is 6.12. The van der Waals surface area contributed by atoms with Gasteiger partial charge in [-0.25, -0.2) is 0 Å². The highest BCUT2D eigenvalue weighted by Crippen LogP contribution is 2.10. The lowest BCUT2D eigenvalue weighted by molar-refractivity contribution is 0.114. The van der Waals surface area contributed by atoms with E-state index >= 15 is 0 Å². The average Bonchev–Trinajstić information content (AvgIpc) is 2.60. The molecule has 0 unspecified atom stereocenters. The quantitative estimate of drug-likeness (QED) is 0.426. The predicted molar refractivity (Wildman–Crippen MR) is 90.1 cm³/mol. The highest BCUT2D eigenvalue weighted by atomic mass is 16.6. The molecule has 0 spiro atoms. The zero-order chi connectivity index (χ0) is 15.6. The fourth-order valence-electron chi connectivity index (χ4n) is 2.19. The van der Waals surface area contributed by atoms with E-state index in [1.807, 2.05) is 42.5 Å². The number of nitrogens with zero attached hydrogens (tertiary/aromatic N) is 3. The first-order valence-electron chi connectivity index (χ1n) is 7.73. The van der Waals surface area contributed by atoms with E-state index in [9.17, 15) is 0 Å². The molecule has 0 aliphatic carbocycles. The van der Waals surface area contributed by atoms with E-state index < -0.39 is 0 Å². The van der Waals surface area contributed by atoms with Gasteiger partial charge in [-0.05, 0) is 25.2 Å². The van der Waals surface area contributed by atoms with Crippen molar-refractivity contribution >= 4 is 5.71 Å². The van der Waals surface area contributed by atoms with E-state index in [1.165, 1.54) is 0 Å². The molecule has 0 saturated carbocycles. The fourth-order valence-corrected chi connectivity index (χ4v) is 2.19. The summed E-state index contributed by atoms with van der Waals surface area (Å²) in [5.41, 5.74) is 2.79. The number of benzene rings is 1. The minimum Gasteiger partial charge on any atom is -0.394 e. The van der Waals surface area contributed by atoms with Crippen LogP contribution in [0.4, 0.5) is 0 Å². The molecular formula is C18H23N3O. The summed E-state index contributed by atoms with van der Waals surface area (Å²) in [5, 5.41) is 4.35. The number of oxime groups is 1. The zero-order valence-electron chi connectivity index (χ0n) is 13.3. The third-order valence-electron chi connectivity index (χ3n) is 3.53. The number of pyridine rings is 1. The van der Waals surface area contributed by atoms with Gasteiger partial charge in [0.1, 0.15) is 12.3 Å². The number of hydrogen-bond acceptors (Lipinski definition) is 4. The van der Waals surface area contributed by atoms with Crippen LogP contribution in [-0.2, 0) is 4.84 Å². The summed E-state index contributed by atoms with van der Waals surface area (Å²) in [4.78, 5) is 12.0. The Morgan fingerprint density at radius 2 is 1.77 bits per heavy atom. The average molecular weight is 297 g/mol. The van der Waals surface area contributed by atoms with Crippen LogP contribution >= 0.6 is 0 Å². The number of hydrogen-bond donors (Lipinski definition) is 0. The molecule has 1 aromatic heterocycles. The predicted octanol–water partition coefficient (Wildman–Crippen LogP) is 3.19. The molecule has 116 valence electrons. The summed E-state index contributed by atoms with van der Waals surface area (Å²) < 4.78 is 0. The van der Waals surface area contributed by atoms with Gasteiger partial charge in [-0.15, -0.1) is 0 Å². The Hall–Kier alpha value is -2.20. The van der Waals surface area contributed by atoms with Gasteiger partial charge in [0, 0.05) is 30.1 Å².